The number of rotatable bonds is 6. The van der Waals surface area contributed by atoms with Gasteiger partial charge in [-0.3, -0.25) is 4.79 Å². The fourth-order valence-electron chi connectivity index (χ4n) is 1.90. The molecule has 0 aliphatic rings. The van der Waals surface area contributed by atoms with E-state index < -0.39 is 0 Å². The van der Waals surface area contributed by atoms with Gasteiger partial charge in [-0.1, -0.05) is 23.2 Å². The number of ether oxygens (including phenoxy) is 3. The number of carbonyl (C=O) groups is 1. The van der Waals surface area contributed by atoms with E-state index in [-0.39, 0.29) is 12.5 Å². The van der Waals surface area contributed by atoms with Crippen LogP contribution in [-0.4, -0.2) is 26.7 Å². The van der Waals surface area contributed by atoms with Gasteiger partial charge in [-0.05, 0) is 40.2 Å². The SMILES string of the molecule is COc1ccc(OC)c(NC(=O)COc2c(Cl)cc(Cl)cc2Br)c1. The van der Waals surface area contributed by atoms with Crippen molar-refractivity contribution in [2.75, 3.05) is 26.1 Å². The largest absolute Gasteiger partial charge is 0.497 e. The van der Waals surface area contributed by atoms with E-state index >= 15 is 0 Å². The van der Waals surface area contributed by atoms with Crippen LogP contribution in [0.5, 0.6) is 17.2 Å². The molecule has 0 saturated heterocycles. The summed E-state index contributed by atoms with van der Waals surface area (Å²) >= 11 is 15.2. The van der Waals surface area contributed by atoms with E-state index in [0.717, 1.165) is 0 Å². The third-order valence-electron chi connectivity index (χ3n) is 2.99. The highest BCUT2D eigenvalue weighted by atomic mass is 79.9. The molecule has 0 heterocycles. The van der Waals surface area contributed by atoms with Gasteiger partial charge < -0.3 is 19.5 Å². The molecule has 0 aliphatic heterocycles. The van der Waals surface area contributed by atoms with Crippen molar-refractivity contribution >= 4 is 50.7 Å². The zero-order valence-corrected chi connectivity index (χ0v) is 16.0. The van der Waals surface area contributed by atoms with Gasteiger partial charge in [-0.25, -0.2) is 0 Å². The fraction of sp³-hybridized carbons (Fsp3) is 0.188. The maximum atomic E-state index is 12.1. The number of hydrogen-bond acceptors (Lipinski definition) is 4. The Bertz CT molecular complexity index is 732. The summed E-state index contributed by atoms with van der Waals surface area (Å²) < 4.78 is 16.4. The normalized spacial score (nSPS) is 10.2. The van der Waals surface area contributed by atoms with E-state index in [1.54, 1.807) is 24.3 Å². The van der Waals surface area contributed by atoms with Crippen molar-refractivity contribution < 1.29 is 19.0 Å². The Balaban J connectivity index is 2.07. The minimum absolute atomic E-state index is 0.236. The first-order valence-electron chi connectivity index (χ1n) is 6.73. The number of halogens is 3. The van der Waals surface area contributed by atoms with Crippen molar-refractivity contribution in [3.63, 3.8) is 0 Å². The van der Waals surface area contributed by atoms with Crippen LogP contribution >= 0.6 is 39.1 Å². The predicted octanol–water partition coefficient (Wildman–Crippen LogP) is 4.79. The van der Waals surface area contributed by atoms with Crippen molar-refractivity contribution in [2.45, 2.75) is 0 Å². The number of anilines is 1. The van der Waals surface area contributed by atoms with Crippen LogP contribution in [0.1, 0.15) is 0 Å². The van der Waals surface area contributed by atoms with E-state index in [1.807, 2.05) is 0 Å². The lowest BCUT2D eigenvalue weighted by Gasteiger charge is -2.13. The number of carbonyl (C=O) groups excluding carboxylic acids is 1. The molecule has 8 heteroatoms. The number of methoxy groups -OCH3 is 2. The molecule has 0 atom stereocenters. The monoisotopic (exact) mass is 433 g/mol. The molecular weight excluding hydrogens is 421 g/mol. The Kier molecular flexibility index (Phi) is 6.60. The second-order valence-corrected chi connectivity index (χ2v) is 6.30. The van der Waals surface area contributed by atoms with Gasteiger partial charge >= 0.3 is 0 Å². The average Bonchev–Trinajstić information content (AvgIpc) is 2.53. The van der Waals surface area contributed by atoms with E-state index in [9.17, 15) is 4.79 Å². The summed E-state index contributed by atoms with van der Waals surface area (Å²) in [4.78, 5) is 12.1. The molecule has 0 spiro atoms. The molecule has 0 bridgehead atoms. The van der Waals surface area contributed by atoms with Crippen molar-refractivity contribution in [1.82, 2.24) is 0 Å². The van der Waals surface area contributed by atoms with Crippen LogP contribution in [-0.2, 0) is 4.79 Å². The van der Waals surface area contributed by atoms with Crippen molar-refractivity contribution in [3.05, 3.63) is 44.8 Å². The van der Waals surface area contributed by atoms with E-state index in [1.165, 1.54) is 20.3 Å². The highest BCUT2D eigenvalue weighted by Gasteiger charge is 2.13. The third-order valence-corrected chi connectivity index (χ3v) is 4.08. The first-order chi connectivity index (χ1) is 11.4. The van der Waals surface area contributed by atoms with Crippen LogP contribution in [0, 0.1) is 0 Å². The van der Waals surface area contributed by atoms with Gasteiger partial charge in [0.1, 0.15) is 11.5 Å². The van der Waals surface area contributed by atoms with Crippen molar-refractivity contribution in [1.29, 1.82) is 0 Å². The van der Waals surface area contributed by atoms with Gasteiger partial charge in [0.25, 0.3) is 5.91 Å². The third kappa shape index (κ3) is 4.69. The molecule has 2 aromatic rings. The Morgan fingerprint density at radius 2 is 1.92 bits per heavy atom. The molecule has 0 saturated carbocycles. The Morgan fingerprint density at radius 1 is 1.17 bits per heavy atom. The molecule has 0 aliphatic carbocycles. The Hall–Kier alpha value is -1.63. The van der Waals surface area contributed by atoms with Crippen molar-refractivity contribution in [2.24, 2.45) is 0 Å². The summed E-state index contributed by atoms with van der Waals surface area (Å²) in [6.07, 6.45) is 0. The number of amides is 1. The second kappa shape index (κ2) is 8.46. The summed E-state index contributed by atoms with van der Waals surface area (Å²) in [6.45, 7) is -0.236. The molecule has 2 rings (SSSR count). The van der Waals surface area contributed by atoms with Crippen LogP contribution in [0.25, 0.3) is 0 Å². The smallest absolute Gasteiger partial charge is 0.262 e. The molecule has 1 amide bonds. The van der Waals surface area contributed by atoms with Crippen LogP contribution in [0.4, 0.5) is 5.69 Å². The maximum absolute atomic E-state index is 12.1. The second-order valence-electron chi connectivity index (χ2n) is 4.60. The quantitative estimate of drug-likeness (QED) is 0.709. The first-order valence-corrected chi connectivity index (χ1v) is 8.28. The highest BCUT2D eigenvalue weighted by Crippen LogP contribution is 2.36. The summed E-state index contributed by atoms with van der Waals surface area (Å²) in [7, 11) is 3.05. The Morgan fingerprint density at radius 3 is 2.54 bits per heavy atom. The molecule has 0 radical (unpaired) electrons. The Labute approximate surface area is 157 Å². The topological polar surface area (TPSA) is 56.8 Å². The molecule has 0 aromatic heterocycles. The summed E-state index contributed by atoms with van der Waals surface area (Å²) in [6, 6.07) is 8.25. The van der Waals surface area contributed by atoms with E-state index in [2.05, 4.69) is 21.2 Å². The van der Waals surface area contributed by atoms with Gasteiger partial charge in [0.15, 0.2) is 12.4 Å². The minimum Gasteiger partial charge on any atom is -0.497 e. The molecule has 5 nitrogen and oxygen atoms in total. The zero-order chi connectivity index (χ0) is 17.7. The van der Waals surface area contributed by atoms with Gasteiger partial charge in [0.05, 0.1) is 29.4 Å². The first kappa shape index (κ1) is 18.7. The lowest BCUT2D eigenvalue weighted by molar-refractivity contribution is -0.118. The maximum Gasteiger partial charge on any atom is 0.262 e. The molecule has 0 unspecified atom stereocenters. The van der Waals surface area contributed by atoms with Gasteiger partial charge in [-0.2, -0.15) is 0 Å². The molecular formula is C16H14BrCl2NO4. The van der Waals surface area contributed by atoms with Gasteiger partial charge in [0.2, 0.25) is 0 Å². The number of hydrogen-bond donors (Lipinski definition) is 1. The van der Waals surface area contributed by atoms with E-state index in [0.29, 0.717) is 37.5 Å². The van der Waals surface area contributed by atoms with Crippen LogP contribution in [0.2, 0.25) is 10.0 Å². The summed E-state index contributed by atoms with van der Waals surface area (Å²) in [5.41, 5.74) is 0.478. The molecule has 0 fully saturated rings. The zero-order valence-electron chi connectivity index (χ0n) is 12.9. The molecule has 1 N–H and O–H groups in total. The molecule has 128 valence electrons. The average molecular weight is 435 g/mol. The van der Waals surface area contributed by atoms with Crippen LogP contribution in [0.3, 0.4) is 0 Å². The standard InChI is InChI=1S/C16H14BrCl2NO4/c1-22-10-3-4-14(23-2)13(7-10)20-15(21)8-24-16-11(17)5-9(18)6-12(16)19/h3-7H,8H2,1-2H3,(H,20,21). The van der Waals surface area contributed by atoms with Crippen LogP contribution < -0.4 is 19.5 Å². The molecule has 24 heavy (non-hydrogen) atoms. The van der Waals surface area contributed by atoms with Gasteiger partial charge in [0, 0.05) is 11.1 Å². The lowest BCUT2D eigenvalue weighted by Crippen LogP contribution is -2.20. The number of benzene rings is 2. The predicted molar refractivity (Wildman–Crippen MR) is 97.8 cm³/mol. The lowest BCUT2D eigenvalue weighted by atomic mass is 10.2. The highest BCUT2D eigenvalue weighted by molar-refractivity contribution is 9.10. The van der Waals surface area contributed by atoms with Crippen LogP contribution in [0.15, 0.2) is 34.8 Å². The summed E-state index contributed by atoms with van der Waals surface area (Å²) in [5.74, 6) is 1.07. The van der Waals surface area contributed by atoms with Gasteiger partial charge in [-0.15, -0.1) is 0 Å². The molecule has 2 aromatic carbocycles. The van der Waals surface area contributed by atoms with Crippen molar-refractivity contribution in [3.8, 4) is 17.2 Å². The minimum atomic E-state index is -0.375. The number of nitrogens with one attached hydrogen (secondary N) is 1. The summed E-state index contributed by atoms with van der Waals surface area (Å²) in [5, 5.41) is 3.47. The van der Waals surface area contributed by atoms with E-state index in [4.69, 9.17) is 37.4 Å². The fourth-order valence-corrected chi connectivity index (χ4v) is 3.27.